The highest BCUT2D eigenvalue weighted by atomic mass is 35.5. The average molecular weight is 258 g/mol. The lowest BCUT2D eigenvalue weighted by molar-refractivity contribution is 0.607. The van der Waals surface area contributed by atoms with Gasteiger partial charge in [-0.3, -0.25) is 0 Å². The van der Waals surface area contributed by atoms with Crippen LogP contribution in [0.25, 0.3) is 0 Å². The molecule has 2 aromatic rings. The Morgan fingerprint density at radius 1 is 1.33 bits per heavy atom. The molecule has 2 rings (SSSR count). The van der Waals surface area contributed by atoms with E-state index in [0.29, 0.717) is 6.04 Å². The Kier molecular flexibility index (Phi) is 3.81. The molecule has 2 aromatic heterocycles. The van der Waals surface area contributed by atoms with E-state index < -0.39 is 0 Å². The number of halogens is 1. The molecule has 1 nitrogen and oxygen atoms in total. The summed E-state index contributed by atoms with van der Waals surface area (Å²) in [6.07, 6.45) is 1.01. The van der Waals surface area contributed by atoms with Crippen molar-refractivity contribution in [3.63, 3.8) is 0 Å². The number of hydrogen-bond donors (Lipinski definition) is 1. The molecule has 2 heterocycles. The van der Waals surface area contributed by atoms with Crippen LogP contribution in [0, 0.1) is 0 Å². The van der Waals surface area contributed by atoms with Gasteiger partial charge in [-0.05, 0) is 29.9 Å². The third-order valence-corrected chi connectivity index (χ3v) is 4.67. The van der Waals surface area contributed by atoms with Gasteiger partial charge in [0.2, 0.25) is 0 Å². The molecule has 0 amide bonds. The summed E-state index contributed by atoms with van der Waals surface area (Å²) >= 11 is 9.63. The minimum absolute atomic E-state index is 0.330. The number of hydrogen-bond acceptors (Lipinski definition) is 3. The highest BCUT2D eigenvalue weighted by Gasteiger charge is 2.15. The topological polar surface area (TPSA) is 12.0 Å². The molecule has 1 unspecified atom stereocenters. The molecule has 0 aromatic carbocycles. The zero-order valence-corrected chi connectivity index (χ0v) is 10.8. The zero-order chi connectivity index (χ0) is 10.7. The van der Waals surface area contributed by atoms with Crippen LogP contribution >= 0.6 is 34.3 Å². The first-order valence-corrected chi connectivity index (χ1v) is 6.87. The van der Waals surface area contributed by atoms with Gasteiger partial charge in [-0.1, -0.05) is 17.7 Å². The van der Waals surface area contributed by atoms with Gasteiger partial charge in [-0.2, -0.15) is 0 Å². The summed E-state index contributed by atoms with van der Waals surface area (Å²) in [5.74, 6) is 0. The van der Waals surface area contributed by atoms with E-state index in [1.54, 1.807) is 22.7 Å². The average Bonchev–Trinajstić information content (AvgIpc) is 2.85. The molecule has 80 valence electrons. The van der Waals surface area contributed by atoms with Gasteiger partial charge in [-0.15, -0.1) is 22.7 Å². The molecule has 0 saturated heterocycles. The summed E-state index contributed by atoms with van der Waals surface area (Å²) in [5.41, 5.74) is 0. The zero-order valence-electron chi connectivity index (χ0n) is 8.37. The molecule has 0 saturated carbocycles. The predicted octanol–water partition coefficient (Wildman–Crippen LogP) is 3.97. The fraction of sp³-hybridized carbons (Fsp3) is 0.273. The maximum atomic E-state index is 6.13. The molecular weight excluding hydrogens is 246 g/mol. The molecule has 0 aliphatic carbocycles. The van der Waals surface area contributed by atoms with E-state index in [2.05, 4.69) is 22.8 Å². The van der Waals surface area contributed by atoms with Crippen molar-refractivity contribution in [2.45, 2.75) is 12.5 Å². The maximum Gasteiger partial charge on any atom is 0.0561 e. The van der Waals surface area contributed by atoms with Crippen molar-refractivity contribution in [3.8, 4) is 0 Å². The van der Waals surface area contributed by atoms with Gasteiger partial charge in [0.05, 0.1) is 5.02 Å². The lowest BCUT2D eigenvalue weighted by Crippen LogP contribution is -2.17. The Morgan fingerprint density at radius 3 is 2.73 bits per heavy atom. The number of nitrogens with one attached hydrogen (secondary N) is 1. The molecule has 0 radical (unpaired) electrons. The molecule has 4 heteroatoms. The van der Waals surface area contributed by atoms with Crippen LogP contribution in [-0.2, 0) is 6.42 Å². The quantitative estimate of drug-likeness (QED) is 0.874. The third-order valence-electron chi connectivity index (χ3n) is 2.30. The first kappa shape index (κ1) is 11.1. The minimum atomic E-state index is 0.330. The van der Waals surface area contributed by atoms with Crippen molar-refractivity contribution in [1.82, 2.24) is 5.32 Å². The van der Waals surface area contributed by atoms with Gasteiger partial charge in [0.1, 0.15) is 0 Å². The van der Waals surface area contributed by atoms with Crippen LogP contribution in [0.5, 0.6) is 0 Å². The highest BCUT2D eigenvalue weighted by molar-refractivity contribution is 7.11. The summed E-state index contributed by atoms with van der Waals surface area (Å²) in [6, 6.07) is 6.54. The number of thiophene rings is 2. The Bertz CT molecular complexity index is 408. The second-order valence-corrected chi connectivity index (χ2v) is 5.64. The van der Waals surface area contributed by atoms with Crippen LogP contribution < -0.4 is 5.32 Å². The van der Waals surface area contributed by atoms with E-state index in [1.807, 2.05) is 18.5 Å². The van der Waals surface area contributed by atoms with Crippen LogP contribution in [0.15, 0.2) is 29.0 Å². The lowest BCUT2D eigenvalue weighted by atomic mass is 10.1. The minimum Gasteiger partial charge on any atom is -0.312 e. The summed E-state index contributed by atoms with van der Waals surface area (Å²) in [4.78, 5) is 2.62. The van der Waals surface area contributed by atoms with Gasteiger partial charge in [0.25, 0.3) is 0 Å². The second kappa shape index (κ2) is 5.12. The van der Waals surface area contributed by atoms with Gasteiger partial charge in [-0.25, -0.2) is 0 Å². The molecular formula is C11H12ClNS2. The molecule has 1 N–H and O–H groups in total. The maximum absolute atomic E-state index is 6.13. The Balaban J connectivity index is 2.15. The van der Waals surface area contributed by atoms with Crippen molar-refractivity contribution in [2.75, 3.05) is 7.05 Å². The normalized spacial score (nSPS) is 12.9. The largest absolute Gasteiger partial charge is 0.312 e. The SMILES string of the molecule is CNC(Cc1cccs1)c1sccc1Cl. The summed E-state index contributed by atoms with van der Waals surface area (Å²) in [5, 5.41) is 8.33. The molecule has 0 aliphatic rings. The fourth-order valence-electron chi connectivity index (χ4n) is 1.51. The summed E-state index contributed by atoms with van der Waals surface area (Å²) in [7, 11) is 1.98. The molecule has 0 fully saturated rings. The van der Waals surface area contributed by atoms with Crippen LogP contribution in [0.1, 0.15) is 15.8 Å². The van der Waals surface area contributed by atoms with E-state index >= 15 is 0 Å². The Morgan fingerprint density at radius 2 is 2.20 bits per heavy atom. The van der Waals surface area contributed by atoms with Crippen molar-refractivity contribution in [2.24, 2.45) is 0 Å². The lowest BCUT2D eigenvalue weighted by Gasteiger charge is -2.13. The van der Waals surface area contributed by atoms with E-state index in [4.69, 9.17) is 11.6 Å². The molecule has 1 atom stereocenters. The van der Waals surface area contributed by atoms with Crippen molar-refractivity contribution in [3.05, 3.63) is 43.7 Å². The first-order valence-electron chi connectivity index (χ1n) is 4.74. The Labute approximate surface area is 103 Å². The van der Waals surface area contributed by atoms with Crippen LogP contribution in [0.3, 0.4) is 0 Å². The van der Waals surface area contributed by atoms with E-state index in [0.717, 1.165) is 11.4 Å². The Hall–Kier alpha value is -0.350. The molecule has 0 spiro atoms. The molecule has 0 aliphatic heterocycles. The monoisotopic (exact) mass is 257 g/mol. The summed E-state index contributed by atoms with van der Waals surface area (Å²) < 4.78 is 0. The van der Waals surface area contributed by atoms with Gasteiger partial charge >= 0.3 is 0 Å². The van der Waals surface area contributed by atoms with E-state index in [-0.39, 0.29) is 0 Å². The van der Waals surface area contributed by atoms with Crippen molar-refractivity contribution < 1.29 is 0 Å². The standard InChI is InChI=1S/C11H12ClNS2/c1-13-10(7-8-3-2-5-14-8)11-9(12)4-6-15-11/h2-6,10,13H,7H2,1H3. The van der Waals surface area contributed by atoms with E-state index in [9.17, 15) is 0 Å². The van der Waals surface area contributed by atoms with Crippen molar-refractivity contribution in [1.29, 1.82) is 0 Å². The van der Waals surface area contributed by atoms with Gasteiger partial charge in [0.15, 0.2) is 0 Å². The highest BCUT2D eigenvalue weighted by Crippen LogP contribution is 2.31. The smallest absolute Gasteiger partial charge is 0.0561 e. The van der Waals surface area contributed by atoms with Crippen molar-refractivity contribution >= 4 is 34.3 Å². The third kappa shape index (κ3) is 2.61. The van der Waals surface area contributed by atoms with Crippen LogP contribution in [-0.4, -0.2) is 7.05 Å². The number of likely N-dealkylation sites (N-methyl/N-ethyl adjacent to an activating group) is 1. The van der Waals surface area contributed by atoms with Crippen LogP contribution in [0.4, 0.5) is 0 Å². The number of rotatable bonds is 4. The second-order valence-electron chi connectivity index (χ2n) is 3.26. The first-order chi connectivity index (χ1) is 7.31. The fourth-order valence-corrected chi connectivity index (χ4v) is 3.56. The van der Waals surface area contributed by atoms with E-state index in [1.165, 1.54) is 9.75 Å². The van der Waals surface area contributed by atoms with Crippen LogP contribution in [0.2, 0.25) is 5.02 Å². The van der Waals surface area contributed by atoms with Gasteiger partial charge in [0, 0.05) is 22.2 Å². The predicted molar refractivity (Wildman–Crippen MR) is 69.2 cm³/mol. The molecule has 15 heavy (non-hydrogen) atoms. The van der Waals surface area contributed by atoms with Gasteiger partial charge < -0.3 is 5.32 Å². The summed E-state index contributed by atoms with van der Waals surface area (Å²) in [6.45, 7) is 0. The molecule has 0 bridgehead atoms.